The maximum Gasteiger partial charge on any atom is 0.417 e. The molecule has 0 spiro atoms. The lowest BCUT2D eigenvalue weighted by molar-refractivity contribution is -0.142. The first-order valence-electron chi connectivity index (χ1n) is 7.39. The molecule has 0 radical (unpaired) electrons. The first-order valence-corrected chi connectivity index (χ1v) is 8.52. The largest absolute Gasteiger partial charge is 0.452 e. The number of carbonyl (C=O) groups excluding carboxylic acids is 2. The summed E-state index contributed by atoms with van der Waals surface area (Å²) in [6.45, 7) is -0.698. The average molecular weight is 454 g/mol. The van der Waals surface area contributed by atoms with E-state index in [-0.39, 0.29) is 5.82 Å². The Kier molecular flexibility index (Phi) is 7.29. The number of nitrogens with one attached hydrogen (secondary N) is 1. The zero-order valence-corrected chi connectivity index (χ0v) is 16.0. The molecule has 1 aromatic heterocycles. The van der Waals surface area contributed by atoms with Gasteiger partial charge in [0, 0.05) is 22.3 Å². The predicted molar refractivity (Wildman–Crippen MR) is 99.3 cm³/mol. The number of hydrogen-bond donors (Lipinski definition) is 1. The lowest BCUT2D eigenvalue weighted by atomic mass is 10.2. The fraction of sp³-hybridized carbons (Fsp3) is 0.118. The molecule has 0 aliphatic carbocycles. The van der Waals surface area contributed by atoms with Crippen LogP contribution in [0.5, 0.6) is 0 Å². The molecule has 0 unspecified atom stereocenters. The molecule has 0 saturated carbocycles. The number of pyridine rings is 1. The van der Waals surface area contributed by atoms with Crippen molar-refractivity contribution < 1.29 is 27.5 Å². The second-order valence-corrected chi connectivity index (χ2v) is 6.46. The van der Waals surface area contributed by atoms with E-state index >= 15 is 0 Å². The topological polar surface area (TPSA) is 68.3 Å². The van der Waals surface area contributed by atoms with Gasteiger partial charge in [0.1, 0.15) is 0 Å². The summed E-state index contributed by atoms with van der Waals surface area (Å²) in [6, 6.07) is 5.27. The normalized spacial score (nSPS) is 11.5. The van der Waals surface area contributed by atoms with Crippen LogP contribution >= 0.6 is 34.8 Å². The summed E-state index contributed by atoms with van der Waals surface area (Å²) < 4.78 is 42.4. The van der Waals surface area contributed by atoms with Gasteiger partial charge in [-0.3, -0.25) is 4.79 Å². The van der Waals surface area contributed by atoms with Crippen molar-refractivity contribution in [1.82, 2.24) is 4.98 Å². The number of carbonyl (C=O) groups is 2. The van der Waals surface area contributed by atoms with Gasteiger partial charge in [-0.05, 0) is 29.8 Å². The van der Waals surface area contributed by atoms with Crippen molar-refractivity contribution in [1.29, 1.82) is 0 Å². The maximum absolute atomic E-state index is 12.5. The summed E-state index contributed by atoms with van der Waals surface area (Å²) in [4.78, 5) is 26.8. The summed E-state index contributed by atoms with van der Waals surface area (Å²) in [5, 5.41) is 2.48. The van der Waals surface area contributed by atoms with Crippen molar-refractivity contribution in [2.45, 2.75) is 6.18 Å². The molecule has 11 heteroatoms. The quantitative estimate of drug-likeness (QED) is 0.496. The molecule has 148 valence electrons. The number of esters is 1. The molecule has 0 bridgehead atoms. The van der Waals surface area contributed by atoms with Gasteiger partial charge in [-0.15, -0.1) is 0 Å². The Bertz CT molecular complexity index is 934. The number of alkyl halides is 3. The predicted octanol–water partition coefficient (Wildman–Crippen LogP) is 5.26. The van der Waals surface area contributed by atoms with Crippen LogP contribution in [-0.2, 0) is 20.5 Å². The number of halogens is 6. The lowest BCUT2D eigenvalue weighted by Gasteiger charge is -2.10. The van der Waals surface area contributed by atoms with Crippen LogP contribution in [-0.4, -0.2) is 23.5 Å². The zero-order chi connectivity index (χ0) is 20.9. The van der Waals surface area contributed by atoms with Gasteiger partial charge in [0.15, 0.2) is 12.4 Å². The molecule has 1 aromatic carbocycles. The fourth-order valence-corrected chi connectivity index (χ4v) is 2.52. The van der Waals surface area contributed by atoms with Gasteiger partial charge in [0.2, 0.25) is 0 Å². The van der Waals surface area contributed by atoms with Gasteiger partial charge in [-0.2, -0.15) is 13.2 Å². The van der Waals surface area contributed by atoms with Crippen LogP contribution in [0, 0.1) is 0 Å². The molecule has 2 aromatic rings. The van der Waals surface area contributed by atoms with Crippen LogP contribution in [0.25, 0.3) is 6.08 Å². The summed E-state index contributed by atoms with van der Waals surface area (Å²) in [6.07, 6.45) is -1.68. The highest BCUT2D eigenvalue weighted by atomic mass is 35.5. The standard InChI is InChI=1S/C17H10Cl3F3N2O3/c18-11-3-1-9(12(19)6-11)2-4-15(27)28-8-14(26)25-16-13(20)5-10(7-24-16)17(21,22)23/h1-7H,8H2,(H,24,25,26)/b4-2+. The van der Waals surface area contributed by atoms with Crippen molar-refractivity contribution in [3.05, 3.63) is 62.7 Å². The Morgan fingerprint density at radius 3 is 2.46 bits per heavy atom. The van der Waals surface area contributed by atoms with Crippen molar-refractivity contribution in [3.63, 3.8) is 0 Å². The number of ether oxygens (including phenoxy) is 1. The van der Waals surface area contributed by atoms with Crippen LogP contribution in [0.2, 0.25) is 15.1 Å². The van der Waals surface area contributed by atoms with Gasteiger partial charge in [0.05, 0.1) is 10.6 Å². The van der Waals surface area contributed by atoms with Crippen molar-refractivity contribution in [3.8, 4) is 0 Å². The molecule has 28 heavy (non-hydrogen) atoms. The number of benzene rings is 1. The SMILES string of the molecule is O=C(COC(=O)/C=C/c1ccc(Cl)cc1Cl)Nc1ncc(C(F)(F)F)cc1Cl. The van der Waals surface area contributed by atoms with E-state index in [1.165, 1.54) is 12.1 Å². The van der Waals surface area contributed by atoms with Crippen LogP contribution in [0.1, 0.15) is 11.1 Å². The highest BCUT2D eigenvalue weighted by Crippen LogP contribution is 2.32. The molecule has 5 nitrogen and oxygen atoms in total. The zero-order valence-electron chi connectivity index (χ0n) is 13.7. The minimum atomic E-state index is -4.62. The third kappa shape index (κ3) is 6.40. The molecule has 0 fully saturated rings. The number of amides is 1. The number of aromatic nitrogens is 1. The monoisotopic (exact) mass is 452 g/mol. The number of nitrogens with zero attached hydrogens (tertiary/aromatic N) is 1. The van der Waals surface area contributed by atoms with E-state index in [1.54, 1.807) is 12.1 Å². The van der Waals surface area contributed by atoms with Gasteiger partial charge in [-0.1, -0.05) is 40.9 Å². The molecule has 2 rings (SSSR count). The van der Waals surface area contributed by atoms with Gasteiger partial charge in [0.25, 0.3) is 5.91 Å². The van der Waals surface area contributed by atoms with Crippen molar-refractivity contribution in [2.24, 2.45) is 0 Å². The van der Waals surface area contributed by atoms with E-state index in [2.05, 4.69) is 10.3 Å². The van der Waals surface area contributed by atoms with E-state index in [0.717, 1.165) is 6.08 Å². The van der Waals surface area contributed by atoms with E-state index < -0.39 is 35.2 Å². The second kappa shape index (κ2) is 9.27. The molecule has 0 aliphatic rings. The molecule has 1 amide bonds. The highest BCUT2D eigenvalue weighted by Gasteiger charge is 2.31. The Morgan fingerprint density at radius 1 is 1.14 bits per heavy atom. The van der Waals surface area contributed by atoms with E-state index in [9.17, 15) is 22.8 Å². The molecule has 0 atom stereocenters. The molecule has 0 saturated heterocycles. The van der Waals surface area contributed by atoms with Crippen molar-refractivity contribution >= 4 is 58.6 Å². The van der Waals surface area contributed by atoms with Gasteiger partial charge in [-0.25, -0.2) is 9.78 Å². The number of rotatable bonds is 5. The minimum absolute atomic E-state index is 0.292. The first kappa shape index (κ1) is 22.0. The van der Waals surface area contributed by atoms with Crippen LogP contribution in [0.4, 0.5) is 19.0 Å². The molecular weight excluding hydrogens is 444 g/mol. The molecule has 1 heterocycles. The summed E-state index contributed by atoms with van der Waals surface area (Å²) in [5.74, 6) is -1.97. The summed E-state index contributed by atoms with van der Waals surface area (Å²) in [5.41, 5.74) is -0.555. The molecule has 0 aliphatic heterocycles. The molecular formula is C17H10Cl3F3N2O3. The van der Waals surface area contributed by atoms with Crippen LogP contribution in [0.3, 0.4) is 0 Å². The third-order valence-electron chi connectivity index (χ3n) is 3.13. The number of anilines is 1. The van der Waals surface area contributed by atoms with Gasteiger partial charge < -0.3 is 10.1 Å². The second-order valence-electron chi connectivity index (χ2n) is 5.21. The summed E-state index contributed by atoms with van der Waals surface area (Å²) in [7, 11) is 0. The maximum atomic E-state index is 12.5. The Morgan fingerprint density at radius 2 is 1.86 bits per heavy atom. The Labute approximate surface area is 172 Å². The molecule has 1 N–H and O–H groups in total. The lowest BCUT2D eigenvalue weighted by Crippen LogP contribution is -2.21. The average Bonchev–Trinajstić information content (AvgIpc) is 2.60. The van der Waals surface area contributed by atoms with E-state index in [0.29, 0.717) is 27.9 Å². The van der Waals surface area contributed by atoms with E-state index in [1.807, 2.05) is 0 Å². The highest BCUT2D eigenvalue weighted by molar-refractivity contribution is 6.35. The first-order chi connectivity index (χ1) is 13.1. The third-order valence-corrected chi connectivity index (χ3v) is 3.98. The number of hydrogen-bond acceptors (Lipinski definition) is 4. The smallest absolute Gasteiger partial charge is 0.417 e. The Balaban J connectivity index is 1.90. The van der Waals surface area contributed by atoms with E-state index in [4.69, 9.17) is 39.5 Å². The van der Waals surface area contributed by atoms with Crippen LogP contribution < -0.4 is 5.32 Å². The summed E-state index contributed by atoms with van der Waals surface area (Å²) >= 11 is 17.4. The Hall–Kier alpha value is -2.29. The van der Waals surface area contributed by atoms with Crippen LogP contribution in [0.15, 0.2) is 36.5 Å². The van der Waals surface area contributed by atoms with Crippen molar-refractivity contribution in [2.75, 3.05) is 11.9 Å². The fourth-order valence-electron chi connectivity index (χ4n) is 1.83. The minimum Gasteiger partial charge on any atom is -0.452 e. The van der Waals surface area contributed by atoms with Gasteiger partial charge >= 0.3 is 12.1 Å².